The Bertz CT molecular complexity index is 2830. The minimum absolute atomic E-state index is 1.13. The average Bonchev–Trinajstić information content (AvgIpc) is 3.74. The van der Waals surface area contributed by atoms with Crippen LogP contribution in [-0.4, -0.2) is 4.57 Å². The van der Waals surface area contributed by atoms with Gasteiger partial charge in [-0.1, -0.05) is 109 Å². The fraction of sp³-hybridized carbons (Fsp3) is 0. The normalized spacial score (nSPS) is 11.5. The van der Waals surface area contributed by atoms with E-state index in [1.165, 1.54) is 69.9 Å². The lowest BCUT2D eigenvalue weighted by atomic mass is 10.0. The molecular weight excluding hydrogens is 637 g/mol. The predicted molar refractivity (Wildman–Crippen MR) is 219 cm³/mol. The van der Waals surface area contributed by atoms with Crippen LogP contribution in [0, 0.1) is 0 Å². The number of anilines is 3. The molecular formula is C48H32N2S. The van der Waals surface area contributed by atoms with Gasteiger partial charge < -0.3 is 9.47 Å². The number of para-hydroxylation sites is 3. The number of nitrogens with zero attached hydrogens (tertiary/aromatic N) is 2. The molecule has 10 rings (SSSR count). The van der Waals surface area contributed by atoms with Crippen LogP contribution < -0.4 is 4.90 Å². The van der Waals surface area contributed by atoms with Gasteiger partial charge in [-0.2, -0.15) is 0 Å². The molecule has 2 nitrogen and oxygen atoms in total. The molecule has 0 spiro atoms. The summed E-state index contributed by atoms with van der Waals surface area (Å²) >= 11 is 1.86. The summed E-state index contributed by atoms with van der Waals surface area (Å²) in [6.07, 6.45) is 0. The van der Waals surface area contributed by atoms with Gasteiger partial charge in [0, 0.05) is 53.7 Å². The highest BCUT2D eigenvalue weighted by molar-refractivity contribution is 7.25. The third kappa shape index (κ3) is 5.10. The number of hydrogen-bond donors (Lipinski definition) is 0. The molecule has 10 aromatic rings. The maximum atomic E-state index is 2.39. The molecule has 0 aliphatic carbocycles. The number of rotatable bonds is 6. The maximum absolute atomic E-state index is 2.39. The lowest BCUT2D eigenvalue weighted by Crippen LogP contribution is -2.09. The molecule has 0 amide bonds. The van der Waals surface area contributed by atoms with E-state index in [-0.39, 0.29) is 0 Å². The molecule has 240 valence electrons. The first-order chi connectivity index (χ1) is 25.3. The third-order valence-corrected chi connectivity index (χ3v) is 11.1. The van der Waals surface area contributed by atoms with Crippen molar-refractivity contribution in [3.63, 3.8) is 0 Å². The quantitative estimate of drug-likeness (QED) is 0.171. The first-order valence-corrected chi connectivity index (χ1v) is 18.2. The van der Waals surface area contributed by atoms with Crippen molar-refractivity contribution in [1.29, 1.82) is 0 Å². The Balaban J connectivity index is 1.09. The first kappa shape index (κ1) is 29.5. The zero-order chi connectivity index (χ0) is 33.7. The van der Waals surface area contributed by atoms with Crippen LogP contribution in [0.5, 0.6) is 0 Å². The molecule has 0 aliphatic heterocycles. The monoisotopic (exact) mass is 668 g/mol. The number of aromatic nitrogens is 1. The van der Waals surface area contributed by atoms with Crippen LogP contribution >= 0.6 is 11.3 Å². The summed E-state index contributed by atoms with van der Waals surface area (Å²) in [7, 11) is 0. The molecule has 0 saturated heterocycles. The highest BCUT2D eigenvalue weighted by Crippen LogP contribution is 2.42. The van der Waals surface area contributed by atoms with Crippen molar-refractivity contribution in [1.82, 2.24) is 4.57 Å². The minimum Gasteiger partial charge on any atom is -0.310 e. The molecule has 3 heteroatoms. The average molecular weight is 669 g/mol. The topological polar surface area (TPSA) is 8.17 Å². The summed E-state index contributed by atoms with van der Waals surface area (Å²) in [5.41, 5.74) is 11.9. The highest BCUT2D eigenvalue weighted by Gasteiger charge is 2.17. The molecule has 51 heavy (non-hydrogen) atoms. The van der Waals surface area contributed by atoms with Crippen molar-refractivity contribution in [3.05, 3.63) is 194 Å². The van der Waals surface area contributed by atoms with Gasteiger partial charge in [0.2, 0.25) is 0 Å². The Morgan fingerprint density at radius 2 is 0.843 bits per heavy atom. The van der Waals surface area contributed by atoms with Gasteiger partial charge >= 0.3 is 0 Å². The Kier molecular flexibility index (Phi) is 7.04. The standard InChI is InChI=1S/C48H32N2S/c1-4-12-33(13-5-1)34-20-24-39(25-21-34)49(37-14-6-2-7-15-37)40-26-29-48-44(32-40)43-31-36(23-28-47(43)51-48)35-22-27-46-42(30-35)41-18-10-11-19-45(41)50(46)38-16-8-3-9-17-38/h1-32H. The number of thiophene rings is 1. The van der Waals surface area contributed by atoms with E-state index in [0.717, 1.165) is 17.1 Å². The molecule has 0 N–H and O–H groups in total. The third-order valence-electron chi connectivity index (χ3n) is 9.98. The van der Waals surface area contributed by atoms with Gasteiger partial charge in [0.05, 0.1) is 11.0 Å². The van der Waals surface area contributed by atoms with Crippen LogP contribution in [-0.2, 0) is 0 Å². The van der Waals surface area contributed by atoms with Crippen LogP contribution in [0.25, 0.3) is 69.9 Å². The Labute approximate surface area is 300 Å². The summed E-state index contributed by atoms with van der Waals surface area (Å²) in [5, 5.41) is 5.09. The molecule has 0 unspecified atom stereocenters. The fourth-order valence-corrected chi connectivity index (χ4v) is 8.62. The van der Waals surface area contributed by atoms with Gasteiger partial charge in [-0.05, 0) is 107 Å². The molecule has 0 aliphatic rings. The van der Waals surface area contributed by atoms with Gasteiger partial charge in [-0.25, -0.2) is 0 Å². The Morgan fingerprint density at radius 1 is 0.333 bits per heavy atom. The van der Waals surface area contributed by atoms with E-state index in [2.05, 4.69) is 204 Å². The molecule has 0 radical (unpaired) electrons. The summed E-state index contributed by atoms with van der Waals surface area (Å²) in [4.78, 5) is 2.36. The second-order valence-corrected chi connectivity index (χ2v) is 14.1. The van der Waals surface area contributed by atoms with Crippen molar-refractivity contribution in [2.75, 3.05) is 4.90 Å². The molecule has 2 aromatic heterocycles. The lowest BCUT2D eigenvalue weighted by Gasteiger charge is -2.26. The van der Waals surface area contributed by atoms with Crippen molar-refractivity contribution in [2.24, 2.45) is 0 Å². The van der Waals surface area contributed by atoms with Gasteiger partial charge in [-0.15, -0.1) is 11.3 Å². The lowest BCUT2D eigenvalue weighted by molar-refractivity contribution is 1.18. The van der Waals surface area contributed by atoms with Gasteiger partial charge in [0.1, 0.15) is 0 Å². The zero-order valence-electron chi connectivity index (χ0n) is 27.8. The maximum Gasteiger partial charge on any atom is 0.0541 e. The second-order valence-electron chi connectivity index (χ2n) is 13.0. The smallest absolute Gasteiger partial charge is 0.0541 e. The second kappa shape index (κ2) is 12.2. The van der Waals surface area contributed by atoms with Crippen LogP contribution in [0.3, 0.4) is 0 Å². The molecule has 2 heterocycles. The highest BCUT2D eigenvalue weighted by atomic mass is 32.1. The molecule has 0 fully saturated rings. The molecule has 0 atom stereocenters. The van der Waals surface area contributed by atoms with Crippen molar-refractivity contribution in [3.8, 4) is 27.9 Å². The van der Waals surface area contributed by atoms with E-state index in [0.29, 0.717) is 0 Å². The van der Waals surface area contributed by atoms with Gasteiger partial charge in [-0.3, -0.25) is 0 Å². The number of fused-ring (bicyclic) bond motifs is 6. The number of hydrogen-bond acceptors (Lipinski definition) is 2. The Hall–Kier alpha value is -6.42. The van der Waals surface area contributed by atoms with Crippen molar-refractivity contribution in [2.45, 2.75) is 0 Å². The minimum atomic E-state index is 1.13. The van der Waals surface area contributed by atoms with Crippen LogP contribution in [0.4, 0.5) is 17.1 Å². The van der Waals surface area contributed by atoms with E-state index in [1.54, 1.807) is 0 Å². The van der Waals surface area contributed by atoms with Crippen LogP contribution in [0.15, 0.2) is 194 Å². The van der Waals surface area contributed by atoms with E-state index in [9.17, 15) is 0 Å². The zero-order valence-corrected chi connectivity index (χ0v) is 28.6. The van der Waals surface area contributed by atoms with E-state index >= 15 is 0 Å². The Morgan fingerprint density at radius 3 is 1.61 bits per heavy atom. The first-order valence-electron chi connectivity index (χ1n) is 17.3. The van der Waals surface area contributed by atoms with Crippen molar-refractivity contribution < 1.29 is 0 Å². The van der Waals surface area contributed by atoms with E-state index < -0.39 is 0 Å². The van der Waals surface area contributed by atoms with E-state index in [1.807, 2.05) is 11.3 Å². The predicted octanol–water partition coefficient (Wildman–Crippen LogP) is 14.0. The van der Waals surface area contributed by atoms with Gasteiger partial charge in [0.15, 0.2) is 0 Å². The SMILES string of the molecule is c1ccc(-c2ccc(N(c3ccccc3)c3ccc4sc5ccc(-c6ccc7c(c6)c6ccccc6n7-c6ccccc6)cc5c4c3)cc2)cc1. The molecule has 0 bridgehead atoms. The van der Waals surface area contributed by atoms with Crippen LogP contribution in [0.2, 0.25) is 0 Å². The van der Waals surface area contributed by atoms with E-state index in [4.69, 9.17) is 0 Å². The summed E-state index contributed by atoms with van der Waals surface area (Å²) in [5.74, 6) is 0. The molecule has 0 saturated carbocycles. The van der Waals surface area contributed by atoms with Crippen molar-refractivity contribution >= 4 is 70.4 Å². The number of benzene rings is 8. The fourth-order valence-electron chi connectivity index (χ4n) is 7.55. The summed E-state index contributed by atoms with van der Waals surface area (Å²) in [6, 6.07) is 70.3. The molecule has 8 aromatic carbocycles. The van der Waals surface area contributed by atoms with Gasteiger partial charge in [0.25, 0.3) is 0 Å². The largest absolute Gasteiger partial charge is 0.310 e. The summed E-state index contributed by atoms with van der Waals surface area (Å²) in [6.45, 7) is 0. The summed E-state index contributed by atoms with van der Waals surface area (Å²) < 4.78 is 4.96. The van der Waals surface area contributed by atoms with Crippen LogP contribution in [0.1, 0.15) is 0 Å².